The van der Waals surface area contributed by atoms with Gasteiger partial charge in [0.15, 0.2) is 0 Å². The predicted molar refractivity (Wildman–Crippen MR) is 81.9 cm³/mol. The van der Waals surface area contributed by atoms with Gasteiger partial charge in [-0.1, -0.05) is 39.8 Å². The van der Waals surface area contributed by atoms with Gasteiger partial charge in [-0.25, -0.2) is 4.79 Å². The molecule has 0 atom stereocenters. The quantitative estimate of drug-likeness (QED) is 0.395. The molecule has 0 amide bonds. The summed E-state index contributed by atoms with van der Waals surface area (Å²) in [7, 11) is 0. The second-order valence-electron chi connectivity index (χ2n) is 5.50. The second-order valence-corrected chi connectivity index (χ2v) is 5.50. The third kappa shape index (κ3) is 7.66. The number of hydrogen-bond donors (Lipinski definition) is 0. The van der Waals surface area contributed by atoms with Crippen molar-refractivity contribution in [2.45, 2.75) is 48.5 Å². The molecule has 0 aromatic carbocycles. The lowest BCUT2D eigenvalue weighted by Crippen LogP contribution is -2.03. The number of esters is 1. The third-order valence-corrected chi connectivity index (χ3v) is 2.57. The van der Waals surface area contributed by atoms with Gasteiger partial charge >= 0.3 is 5.97 Å². The van der Waals surface area contributed by atoms with E-state index in [4.69, 9.17) is 4.74 Å². The lowest BCUT2D eigenvalue weighted by atomic mass is 9.95. The van der Waals surface area contributed by atoms with Crippen molar-refractivity contribution in [2.24, 2.45) is 11.8 Å². The van der Waals surface area contributed by atoms with E-state index >= 15 is 0 Å². The lowest BCUT2D eigenvalue weighted by molar-refractivity contribution is -0.137. The normalized spacial score (nSPS) is 12.9. The maximum atomic E-state index is 11.7. The largest absolute Gasteiger partial charge is 0.463 e. The van der Waals surface area contributed by atoms with Crippen molar-refractivity contribution in [2.75, 3.05) is 6.61 Å². The zero-order valence-electron chi connectivity index (χ0n) is 13.4. The van der Waals surface area contributed by atoms with Crippen LogP contribution < -0.4 is 0 Å². The maximum Gasteiger partial charge on any atom is 0.331 e. The van der Waals surface area contributed by atoms with Crippen LogP contribution in [0.2, 0.25) is 0 Å². The molecule has 0 saturated heterocycles. The molecule has 108 valence electrons. The Balaban J connectivity index is 5.44. The van der Waals surface area contributed by atoms with Gasteiger partial charge in [-0.15, -0.1) is 0 Å². The molecule has 0 aromatic heterocycles. The van der Waals surface area contributed by atoms with Crippen LogP contribution >= 0.6 is 0 Å². The molecule has 2 heteroatoms. The van der Waals surface area contributed by atoms with Crippen LogP contribution in [0.15, 0.2) is 34.9 Å². The van der Waals surface area contributed by atoms with Gasteiger partial charge in [0.1, 0.15) is 0 Å². The maximum absolute atomic E-state index is 11.7. The number of ether oxygens (including phenoxy) is 1. The van der Waals surface area contributed by atoms with Gasteiger partial charge < -0.3 is 4.74 Å². The fourth-order valence-electron chi connectivity index (χ4n) is 2.02. The highest BCUT2D eigenvalue weighted by Gasteiger charge is 2.08. The summed E-state index contributed by atoms with van der Waals surface area (Å²) in [6, 6.07) is 0. The SMILES string of the molecule is CCOC(=O)C=C(/C(C)=C/C(C)C)/C(C)=C/C(C)C. The molecule has 19 heavy (non-hydrogen) atoms. The van der Waals surface area contributed by atoms with Gasteiger partial charge in [0, 0.05) is 6.08 Å². The smallest absolute Gasteiger partial charge is 0.331 e. The van der Waals surface area contributed by atoms with Crippen LogP contribution in [0.1, 0.15) is 48.5 Å². The Labute approximate surface area is 118 Å². The molecule has 0 unspecified atom stereocenters. The summed E-state index contributed by atoms with van der Waals surface area (Å²) in [5, 5.41) is 0. The number of allylic oxidation sites excluding steroid dienone is 5. The molecule has 0 bridgehead atoms. The number of rotatable bonds is 6. The highest BCUT2D eigenvalue weighted by molar-refractivity contribution is 5.85. The van der Waals surface area contributed by atoms with E-state index in [1.807, 2.05) is 20.8 Å². The first-order valence-electron chi connectivity index (χ1n) is 7.03. The molecule has 0 aromatic rings. The minimum atomic E-state index is -0.273. The van der Waals surface area contributed by atoms with E-state index in [0.717, 1.165) is 16.7 Å². The molecule has 0 fully saturated rings. The number of carbonyl (C=O) groups is 1. The summed E-state index contributed by atoms with van der Waals surface area (Å²) in [4.78, 5) is 11.7. The van der Waals surface area contributed by atoms with Crippen molar-refractivity contribution in [3.63, 3.8) is 0 Å². The van der Waals surface area contributed by atoms with Crippen molar-refractivity contribution >= 4 is 5.97 Å². The standard InChI is InChI=1S/C17H28O2/c1-8-19-17(18)11-16(14(6)9-12(2)3)15(7)10-13(4)5/h9-13H,8H2,1-7H3/b14-9+,15-10+. The highest BCUT2D eigenvalue weighted by Crippen LogP contribution is 2.22. The van der Waals surface area contributed by atoms with Crippen molar-refractivity contribution < 1.29 is 9.53 Å². The Kier molecular flexibility index (Phi) is 8.13. The second kappa shape index (κ2) is 8.73. The van der Waals surface area contributed by atoms with E-state index in [-0.39, 0.29) is 5.97 Å². The fraction of sp³-hybridized carbons (Fsp3) is 0.588. The first-order chi connectivity index (χ1) is 8.77. The summed E-state index contributed by atoms with van der Waals surface area (Å²) in [6.07, 6.45) is 5.94. The topological polar surface area (TPSA) is 26.3 Å². The van der Waals surface area contributed by atoms with Gasteiger partial charge in [0.2, 0.25) is 0 Å². The van der Waals surface area contributed by atoms with E-state index in [1.165, 1.54) is 0 Å². The van der Waals surface area contributed by atoms with Crippen molar-refractivity contribution in [1.29, 1.82) is 0 Å². The Morgan fingerprint density at radius 2 is 1.42 bits per heavy atom. The summed E-state index contributed by atoms with van der Waals surface area (Å²) in [6.45, 7) is 14.8. The van der Waals surface area contributed by atoms with Gasteiger partial charge in [-0.3, -0.25) is 0 Å². The lowest BCUT2D eigenvalue weighted by Gasteiger charge is -2.12. The van der Waals surface area contributed by atoms with E-state index in [9.17, 15) is 4.79 Å². The molecule has 0 heterocycles. The van der Waals surface area contributed by atoms with Crippen molar-refractivity contribution in [3.05, 3.63) is 34.9 Å². The van der Waals surface area contributed by atoms with Gasteiger partial charge in [-0.2, -0.15) is 0 Å². The first kappa shape index (κ1) is 17.7. The summed E-state index contributed by atoms with van der Waals surface area (Å²) in [5.41, 5.74) is 3.22. The number of hydrogen-bond acceptors (Lipinski definition) is 2. The molecule has 0 aliphatic rings. The average molecular weight is 264 g/mol. The zero-order chi connectivity index (χ0) is 15.0. The van der Waals surface area contributed by atoms with Crippen LogP contribution in [0.25, 0.3) is 0 Å². The molecule has 2 nitrogen and oxygen atoms in total. The van der Waals surface area contributed by atoms with Crippen LogP contribution in [-0.4, -0.2) is 12.6 Å². The molecule has 0 spiro atoms. The molecular formula is C17H28O2. The highest BCUT2D eigenvalue weighted by atomic mass is 16.5. The number of carbonyl (C=O) groups excluding carboxylic acids is 1. The van der Waals surface area contributed by atoms with Gasteiger partial charge in [0.25, 0.3) is 0 Å². The average Bonchev–Trinajstić information content (AvgIpc) is 2.23. The summed E-state index contributed by atoms with van der Waals surface area (Å²) >= 11 is 0. The Hall–Kier alpha value is -1.31. The predicted octanol–water partition coefficient (Wildman–Crippen LogP) is 4.68. The van der Waals surface area contributed by atoms with Crippen LogP contribution in [0.3, 0.4) is 0 Å². The zero-order valence-corrected chi connectivity index (χ0v) is 13.4. The Morgan fingerprint density at radius 1 is 1.00 bits per heavy atom. The van der Waals surface area contributed by atoms with Gasteiger partial charge in [-0.05, 0) is 49.3 Å². The van der Waals surface area contributed by atoms with Crippen LogP contribution in [0.5, 0.6) is 0 Å². The summed E-state index contributed by atoms with van der Waals surface area (Å²) < 4.78 is 5.01. The van der Waals surface area contributed by atoms with Crippen LogP contribution in [0.4, 0.5) is 0 Å². The van der Waals surface area contributed by atoms with Crippen LogP contribution in [-0.2, 0) is 9.53 Å². The van der Waals surface area contributed by atoms with Crippen molar-refractivity contribution in [3.8, 4) is 0 Å². The van der Waals surface area contributed by atoms with E-state index < -0.39 is 0 Å². The van der Waals surface area contributed by atoms with Crippen molar-refractivity contribution in [1.82, 2.24) is 0 Å². The van der Waals surface area contributed by atoms with E-state index in [0.29, 0.717) is 18.4 Å². The minimum Gasteiger partial charge on any atom is -0.463 e. The molecule has 0 aliphatic carbocycles. The molecular weight excluding hydrogens is 236 g/mol. The van der Waals surface area contributed by atoms with E-state index in [2.05, 4.69) is 39.8 Å². The third-order valence-electron chi connectivity index (χ3n) is 2.57. The molecule has 0 rings (SSSR count). The first-order valence-corrected chi connectivity index (χ1v) is 7.03. The van der Waals surface area contributed by atoms with Crippen LogP contribution in [0, 0.1) is 11.8 Å². The van der Waals surface area contributed by atoms with E-state index in [1.54, 1.807) is 6.08 Å². The minimum absolute atomic E-state index is 0.273. The molecule has 0 aliphatic heterocycles. The molecule has 0 N–H and O–H groups in total. The fourth-order valence-corrected chi connectivity index (χ4v) is 2.02. The molecule has 0 radical (unpaired) electrons. The summed E-state index contributed by atoms with van der Waals surface area (Å²) in [5.74, 6) is 0.639. The van der Waals surface area contributed by atoms with Gasteiger partial charge in [0.05, 0.1) is 6.61 Å². The Bertz CT molecular complexity index is 356. The Morgan fingerprint density at radius 3 is 1.74 bits per heavy atom. The monoisotopic (exact) mass is 264 g/mol. The molecule has 0 saturated carbocycles.